The molecule has 0 aliphatic heterocycles. The predicted molar refractivity (Wildman–Crippen MR) is 54.7 cm³/mol. The fraction of sp³-hybridized carbons (Fsp3) is 0.200. The van der Waals surface area contributed by atoms with E-state index in [0.717, 1.165) is 0 Å². The van der Waals surface area contributed by atoms with Gasteiger partial charge >= 0.3 is 6.09 Å². The Labute approximate surface area is 92.2 Å². The van der Waals surface area contributed by atoms with Gasteiger partial charge in [-0.25, -0.2) is 9.86 Å². The van der Waals surface area contributed by atoms with Gasteiger partial charge in [-0.3, -0.25) is 10.0 Å². The normalized spacial score (nSPS) is 9.62. The monoisotopic (exact) mass is 224 g/mol. The molecule has 1 aromatic carbocycles. The molecule has 0 aliphatic rings. The molecule has 0 bridgehead atoms. The van der Waals surface area contributed by atoms with Crippen LogP contribution < -0.4 is 5.73 Å². The molecule has 0 aromatic heterocycles. The second kappa shape index (κ2) is 5.13. The topological polar surface area (TPSA) is 92.9 Å². The second-order valence-corrected chi connectivity index (χ2v) is 3.13. The number of rotatable bonds is 3. The third-order valence-corrected chi connectivity index (χ3v) is 1.88. The average Bonchev–Trinajstić information content (AvgIpc) is 2.26. The van der Waals surface area contributed by atoms with E-state index in [1.165, 1.54) is 19.2 Å². The number of hydroxylamine groups is 2. The molecule has 0 saturated heterocycles. The Kier molecular flexibility index (Phi) is 3.84. The highest BCUT2D eigenvalue weighted by molar-refractivity contribution is 5.93. The Bertz CT molecular complexity index is 386. The summed E-state index contributed by atoms with van der Waals surface area (Å²) in [6.45, 7) is 0.0543. The molecular formula is C10H12N2O4. The molecule has 0 radical (unpaired) electrons. The zero-order chi connectivity index (χ0) is 12.1. The Morgan fingerprint density at radius 1 is 1.38 bits per heavy atom. The fourth-order valence-corrected chi connectivity index (χ4v) is 1.08. The Morgan fingerprint density at radius 3 is 2.38 bits per heavy atom. The molecule has 0 fully saturated rings. The fourth-order valence-electron chi connectivity index (χ4n) is 1.08. The minimum absolute atomic E-state index is 0.0543. The van der Waals surface area contributed by atoms with Gasteiger partial charge in [0.2, 0.25) is 0 Å². The summed E-state index contributed by atoms with van der Waals surface area (Å²) in [6.07, 6.45) is -0.852. The summed E-state index contributed by atoms with van der Waals surface area (Å²) in [6, 6.07) is 6.27. The van der Waals surface area contributed by atoms with Gasteiger partial charge in [0.05, 0.1) is 0 Å². The zero-order valence-corrected chi connectivity index (χ0v) is 8.71. The van der Waals surface area contributed by atoms with Crippen molar-refractivity contribution in [1.29, 1.82) is 0 Å². The van der Waals surface area contributed by atoms with E-state index in [1.54, 1.807) is 12.1 Å². The molecule has 0 unspecified atom stereocenters. The van der Waals surface area contributed by atoms with E-state index in [4.69, 9.17) is 10.9 Å². The maximum Gasteiger partial charge on any atom is 0.404 e. The van der Waals surface area contributed by atoms with Crippen molar-refractivity contribution >= 4 is 12.0 Å². The minimum atomic E-state index is -0.852. The third-order valence-electron chi connectivity index (χ3n) is 1.88. The largest absolute Gasteiger partial charge is 0.445 e. The van der Waals surface area contributed by atoms with Crippen LogP contribution in [0.4, 0.5) is 4.79 Å². The molecule has 0 atom stereocenters. The molecule has 2 amide bonds. The summed E-state index contributed by atoms with van der Waals surface area (Å²) >= 11 is 0. The second-order valence-electron chi connectivity index (χ2n) is 3.13. The highest BCUT2D eigenvalue weighted by atomic mass is 16.5. The number of amides is 2. The molecule has 16 heavy (non-hydrogen) atoms. The van der Waals surface area contributed by atoms with Crippen molar-refractivity contribution in [3.05, 3.63) is 35.4 Å². The van der Waals surface area contributed by atoms with Crippen LogP contribution >= 0.6 is 0 Å². The van der Waals surface area contributed by atoms with Crippen LogP contribution in [-0.2, 0) is 11.3 Å². The van der Waals surface area contributed by atoms with Gasteiger partial charge in [-0.15, -0.1) is 0 Å². The van der Waals surface area contributed by atoms with Crippen molar-refractivity contribution in [2.45, 2.75) is 6.61 Å². The number of benzene rings is 1. The number of nitrogens with zero attached hydrogens (tertiary/aromatic N) is 1. The van der Waals surface area contributed by atoms with Crippen LogP contribution in [-0.4, -0.2) is 29.3 Å². The smallest absolute Gasteiger partial charge is 0.404 e. The summed E-state index contributed by atoms with van der Waals surface area (Å²) < 4.78 is 4.57. The quantitative estimate of drug-likeness (QED) is 0.585. The van der Waals surface area contributed by atoms with Crippen molar-refractivity contribution in [2.75, 3.05) is 7.05 Å². The first-order valence-corrected chi connectivity index (χ1v) is 4.49. The summed E-state index contributed by atoms with van der Waals surface area (Å²) in [5.74, 6) is -0.512. The highest BCUT2D eigenvalue weighted by Crippen LogP contribution is 2.07. The van der Waals surface area contributed by atoms with Crippen molar-refractivity contribution in [3.8, 4) is 0 Å². The molecule has 6 nitrogen and oxygen atoms in total. The van der Waals surface area contributed by atoms with Crippen LogP contribution in [0.25, 0.3) is 0 Å². The molecule has 0 saturated carbocycles. The van der Waals surface area contributed by atoms with Crippen LogP contribution in [0.1, 0.15) is 15.9 Å². The number of hydrogen-bond donors (Lipinski definition) is 2. The summed E-state index contributed by atoms with van der Waals surface area (Å²) in [4.78, 5) is 21.6. The SMILES string of the molecule is CN(O)C(=O)c1ccc(COC(N)=O)cc1. The number of ether oxygens (including phenoxy) is 1. The number of hydrogen-bond acceptors (Lipinski definition) is 4. The standard InChI is InChI=1S/C10H12N2O4/c1-12(15)9(13)8-4-2-7(3-5-8)6-16-10(11)14/h2-5,15H,6H2,1H3,(H2,11,14). The lowest BCUT2D eigenvalue weighted by molar-refractivity contribution is -0.0374. The lowest BCUT2D eigenvalue weighted by Gasteiger charge is -2.08. The van der Waals surface area contributed by atoms with Crippen molar-refractivity contribution in [1.82, 2.24) is 5.06 Å². The van der Waals surface area contributed by atoms with Gasteiger partial charge in [-0.2, -0.15) is 0 Å². The zero-order valence-electron chi connectivity index (χ0n) is 8.71. The predicted octanol–water partition coefficient (Wildman–Crippen LogP) is 0.743. The molecule has 0 heterocycles. The van der Waals surface area contributed by atoms with Gasteiger partial charge in [0.25, 0.3) is 5.91 Å². The molecule has 1 rings (SSSR count). The van der Waals surface area contributed by atoms with Crippen molar-refractivity contribution < 1.29 is 19.5 Å². The molecule has 1 aromatic rings. The summed E-state index contributed by atoms with van der Waals surface area (Å²) in [5, 5.41) is 9.41. The molecule has 0 spiro atoms. The van der Waals surface area contributed by atoms with Crippen LogP contribution in [0, 0.1) is 0 Å². The van der Waals surface area contributed by atoms with Gasteiger partial charge < -0.3 is 10.5 Å². The van der Waals surface area contributed by atoms with Crippen molar-refractivity contribution in [3.63, 3.8) is 0 Å². The van der Waals surface area contributed by atoms with E-state index in [0.29, 0.717) is 16.2 Å². The van der Waals surface area contributed by atoms with E-state index in [1.807, 2.05) is 0 Å². The minimum Gasteiger partial charge on any atom is -0.445 e. The van der Waals surface area contributed by atoms with Crippen LogP contribution in [0.2, 0.25) is 0 Å². The Morgan fingerprint density at radius 2 is 1.94 bits per heavy atom. The number of carbonyl (C=O) groups excluding carboxylic acids is 2. The lowest BCUT2D eigenvalue weighted by atomic mass is 10.1. The lowest BCUT2D eigenvalue weighted by Crippen LogP contribution is -2.22. The molecule has 86 valence electrons. The number of nitrogens with two attached hydrogens (primary N) is 1. The Balaban J connectivity index is 2.68. The highest BCUT2D eigenvalue weighted by Gasteiger charge is 2.08. The van der Waals surface area contributed by atoms with E-state index in [2.05, 4.69) is 4.74 Å². The van der Waals surface area contributed by atoms with Crippen LogP contribution in [0.15, 0.2) is 24.3 Å². The van der Waals surface area contributed by atoms with E-state index >= 15 is 0 Å². The van der Waals surface area contributed by atoms with Gasteiger partial charge in [-0.05, 0) is 17.7 Å². The maximum absolute atomic E-state index is 11.3. The van der Waals surface area contributed by atoms with Crippen LogP contribution in [0.5, 0.6) is 0 Å². The van der Waals surface area contributed by atoms with E-state index < -0.39 is 12.0 Å². The molecule has 3 N–H and O–H groups in total. The van der Waals surface area contributed by atoms with Crippen LogP contribution in [0.3, 0.4) is 0 Å². The first-order chi connectivity index (χ1) is 7.50. The Hall–Kier alpha value is -2.08. The van der Waals surface area contributed by atoms with Gasteiger partial charge in [0.15, 0.2) is 0 Å². The summed E-state index contributed by atoms with van der Waals surface area (Å²) in [5.41, 5.74) is 5.85. The van der Waals surface area contributed by atoms with E-state index in [-0.39, 0.29) is 6.61 Å². The first kappa shape index (κ1) is 12.0. The van der Waals surface area contributed by atoms with Gasteiger partial charge in [0.1, 0.15) is 6.61 Å². The van der Waals surface area contributed by atoms with Gasteiger partial charge in [0, 0.05) is 12.6 Å². The first-order valence-electron chi connectivity index (χ1n) is 4.49. The maximum atomic E-state index is 11.3. The molecular weight excluding hydrogens is 212 g/mol. The number of primary amides is 1. The summed E-state index contributed by atoms with van der Waals surface area (Å²) in [7, 11) is 1.24. The van der Waals surface area contributed by atoms with Crippen molar-refractivity contribution in [2.24, 2.45) is 5.73 Å². The molecule has 6 heteroatoms. The third kappa shape index (κ3) is 3.25. The van der Waals surface area contributed by atoms with Gasteiger partial charge in [-0.1, -0.05) is 12.1 Å². The average molecular weight is 224 g/mol. The number of carbonyl (C=O) groups is 2. The molecule has 0 aliphatic carbocycles. The van der Waals surface area contributed by atoms with E-state index in [9.17, 15) is 9.59 Å².